The van der Waals surface area contributed by atoms with Crippen LogP contribution in [0.1, 0.15) is 46.7 Å². The number of carbonyl (C=O) groups is 1. The SMILES string of the molecule is CC(C)(C)c1nc(Cc2ccc(N)cc2)sc1C(=O)O. The van der Waals surface area contributed by atoms with Crippen molar-refractivity contribution in [1.29, 1.82) is 0 Å². The second-order valence-electron chi connectivity index (χ2n) is 5.76. The first-order valence-corrected chi connectivity index (χ1v) is 7.17. The van der Waals surface area contributed by atoms with Gasteiger partial charge in [-0.2, -0.15) is 0 Å². The van der Waals surface area contributed by atoms with Gasteiger partial charge in [0.15, 0.2) is 0 Å². The van der Waals surface area contributed by atoms with Crippen molar-refractivity contribution in [2.45, 2.75) is 32.6 Å². The molecule has 5 heteroatoms. The average molecular weight is 290 g/mol. The Morgan fingerprint density at radius 3 is 2.35 bits per heavy atom. The van der Waals surface area contributed by atoms with Crippen molar-refractivity contribution < 1.29 is 9.90 Å². The Kier molecular flexibility index (Phi) is 3.81. The van der Waals surface area contributed by atoms with Gasteiger partial charge in [0.05, 0.1) is 10.7 Å². The Bertz CT molecular complexity index is 624. The van der Waals surface area contributed by atoms with Gasteiger partial charge in [-0.1, -0.05) is 32.9 Å². The van der Waals surface area contributed by atoms with Crippen LogP contribution >= 0.6 is 11.3 Å². The number of aromatic carboxylic acids is 1. The first kappa shape index (κ1) is 14.5. The van der Waals surface area contributed by atoms with Crippen molar-refractivity contribution in [2.75, 3.05) is 5.73 Å². The fraction of sp³-hybridized carbons (Fsp3) is 0.333. The molecule has 0 amide bonds. The van der Waals surface area contributed by atoms with Gasteiger partial charge < -0.3 is 10.8 Å². The van der Waals surface area contributed by atoms with Crippen LogP contribution in [-0.4, -0.2) is 16.1 Å². The lowest BCUT2D eigenvalue weighted by atomic mass is 9.91. The summed E-state index contributed by atoms with van der Waals surface area (Å²) in [5.74, 6) is -0.906. The lowest BCUT2D eigenvalue weighted by Gasteiger charge is -2.16. The minimum Gasteiger partial charge on any atom is -0.477 e. The maximum Gasteiger partial charge on any atom is 0.347 e. The lowest BCUT2D eigenvalue weighted by Crippen LogP contribution is -2.16. The van der Waals surface area contributed by atoms with Gasteiger partial charge in [-0.3, -0.25) is 0 Å². The van der Waals surface area contributed by atoms with E-state index in [4.69, 9.17) is 5.73 Å². The molecule has 0 bridgehead atoms. The van der Waals surface area contributed by atoms with Crippen molar-refractivity contribution in [3.63, 3.8) is 0 Å². The molecule has 0 fully saturated rings. The second kappa shape index (κ2) is 5.25. The molecule has 2 rings (SSSR count). The van der Waals surface area contributed by atoms with E-state index >= 15 is 0 Å². The molecule has 1 heterocycles. The maximum absolute atomic E-state index is 11.3. The first-order chi connectivity index (χ1) is 9.27. The number of anilines is 1. The van der Waals surface area contributed by atoms with Crippen LogP contribution in [0.25, 0.3) is 0 Å². The number of hydrogen-bond acceptors (Lipinski definition) is 4. The Morgan fingerprint density at radius 2 is 1.90 bits per heavy atom. The van der Waals surface area contributed by atoms with Crippen LogP contribution in [-0.2, 0) is 11.8 Å². The van der Waals surface area contributed by atoms with Crippen LogP contribution in [0.5, 0.6) is 0 Å². The number of hydrogen-bond donors (Lipinski definition) is 2. The second-order valence-corrected chi connectivity index (χ2v) is 6.84. The molecule has 2 aromatic rings. The van der Waals surface area contributed by atoms with E-state index in [9.17, 15) is 9.90 Å². The first-order valence-electron chi connectivity index (χ1n) is 6.35. The molecule has 4 nitrogen and oxygen atoms in total. The molecule has 0 radical (unpaired) electrons. The zero-order chi connectivity index (χ0) is 14.9. The molecule has 0 spiro atoms. The molecule has 0 atom stereocenters. The predicted molar refractivity (Wildman–Crippen MR) is 81.4 cm³/mol. The summed E-state index contributed by atoms with van der Waals surface area (Å²) in [7, 11) is 0. The van der Waals surface area contributed by atoms with Crippen molar-refractivity contribution in [1.82, 2.24) is 4.98 Å². The Hall–Kier alpha value is -1.88. The number of aromatic nitrogens is 1. The minimum absolute atomic E-state index is 0.274. The van der Waals surface area contributed by atoms with Gasteiger partial charge in [0.25, 0.3) is 0 Å². The molecule has 0 saturated heterocycles. The van der Waals surface area contributed by atoms with E-state index in [2.05, 4.69) is 4.98 Å². The van der Waals surface area contributed by atoms with Gasteiger partial charge >= 0.3 is 5.97 Å². The van der Waals surface area contributed by atoms with Gasteiger partial charge in [-0.05, 0) is 17.7 Å². The summed E-state index contributed by atoms with van der Waals surface area (Å²) in [5, 5.41) is 10.1. The summed E-state index contributed by atoms with van der Waals surface area (Å²) in [4.78, 5) is 16.2. The highest BCUT2D eigenvalue weighted by Crippen LogP contribution is 2.30. The number of rotatable bonds is 3. The largest absolute Gasteiger partial charge is 0.477 e. The van der Waals surface area contributed by atoms with Crippen LogP contribution in [0.4, 0.5) is 5.69 Å². The van der Waals surface area contributed by atoms with Crippen molar-refractivity contribution in [2.24, 2.45) is 0 Å². The summed E-state index contributed by atoms with van der Waals surface area (Å²) in [5.41, 5.74) is 7.82. The number of carboxylic acid groups (broad SMARTS) is 1. The third kappa shape index (κ3) is 3.17. The minimum atomic E-state index is -0.906. The third-order valence-corrected chi connectivity index (χ3v) is 3.95. The Morgan fingerprint density at radius 1 is 1.30 bits per heavy atom. The van der Waals surface area contributed by atoms with Crippen LogP contribution in [0.15, 0.2) is 24.3 Å². The summed E-state index contributed by atoms with van der Waals surface area (Å²) >= 11 is 1.25. The highest BCUT2D eigenvalue weighted by molar-refractivity contribution is 7.13. The predicted octanol–water partition coefficient (Wildman–Crippen LogP) is 3.31. The van der Waals surface area contributed by atoms with E-state index in [0.29, 0.717) is 17.0 Å². The van der Waals surface area contributed by atoms with Crippen molar-refractivity contribution >= 4 is 23.0 Å². The van der Waals surface area contributed by atoms with Gasteiger partial charge in [0.1, 0.15) is 4.88 Å². The molecule has 1 aromatic carbocycles. The van der Waals surface area contributed by atoms with E-state index in [-0.39, 0.29) is 5.41 Å². The van der Waals surface area contributed by atoms with E-state index in [0.717, 1.165) is 16.3 Å². The zero-order valence-corrected chi connectivity index (χ0v) is 12.6. The highest BCUT2D eigenvalue weighted by atomic mass is 32.1. The molecule has 0 aliphatic rings. The fourth-order valence-corrected chi connectivity index (χ4v) is 3.05. The van der Waals surface area contributed by atoms with E-state index in [1.165, 1.54) is 11.3 Å². The topological polar surface area (TPSA) is 76.2 Å². The van der Waals surface area contributed by atoms with Crippen LogP contribution in [0.2, 0.25) is 0 Å². The van der Waals surface area contributed by atoms with Crippen LogP contribution < -0.4 is 5.73 Å². The molecule has 0 aliphatic carbocycles. The quantitative estimate of drug-likeness (QED) is 0.850. The van der Waals surface area contributed by atoms with E-state index in [1.807, 2.05) is 45.0 Å². The molecule has 0 aliphatic heterocycles. The summed E-state index contributed by atoms with van der Waals surface area (Å²) in [6, 6.07) is 7.55. The maximum atomic E-state index is 11.3. The molecule has 106 valence electrons. The lowest BCUT2D eigenvalue weighted by molar-refractivity contribution is 0.0699. The smallest absolute Gasteiger partial charge is 0.347 e. The van der Waals surface area contributed by atoms with Gasteiger partial charge in [-0.15, -0.1) is 11.3 Å². The molecule has 20 heavy (non-hydrogen) atoms. The standard InChI is InChI=1S/C15H18N2O2S/c1-15(2,3)13-12(14(18)19)20-11(17-13)8-9-4-6-10(16)7-5-9/h4-7H,8,16H2,1-3H3,(H,18,19). The molecule has 0 unspecified atom stereocenters. The number of benzene rings is 1. The zero-order valence-electron chi connectivity index (χ0n) is 11.8. The fourth-order valence-electron chi connectivity index (χ4n) is 1.90. The van der Waals surface area contributed by atoms with Crippen molar-refractivity contribution in [3.05, 3.63) is 45.4 Å². The van der Waals surface area contributed by atoms with Crippen molar-refractivity contribution in [3.8, 4) is 0 Å². The number of thiazole rings is 1. The Labute approximate surface area is 122 Å². The van der Waals surface area contributed by atoms with Gasteiger partial charge in [-0.25, -0.2) is 9.78 Å². The summed E-state index contributed by atoms with van der Waals surface area (Å²) < 4.78 is 0. The average Bonchev–Trinajstić information content (AvgIpc) is 2.76. The third-order valence-electron chi connectivity index (χ3n) is 2.91. The molecular weight excluding hydrogens is 272 g/mol. The Balaban J connectivity index is 2.34. The van der Waals surface area contributed by atoms with Gasteiger partial charge in [0, 0.05) is 17.5 Å². The summed E-state index contributed by atoms with van der Waals surface area (Å²) in [6.45, 7) is 5.92. The van der Waals surface area contributed by atoms with Crippen LogP contribution in [0, 0.1) is 0 Å². The van der Waals surface area contributed by atoms with Crippen LogP contribution in [0.3, 0.4) is 0 Å². The van der Waals surface area contributed by atoms with Gasteiger partial charge in [0.2, 0.25) is 0 Å². The highest BCUT2D eigenvalue weighted by Gasteiger charge is 2.26. The molecule has 0 saturated carbocycles. The number of carboxylic acids is 1. The normalized spacial score (nSPS) is 11.6. The number of nitrogens with two attached hydrogens (primary N) is 1. The number of nitrogen functional groups attached to an aromatic ring is 1. The number of nitrogens with zero attached hydrogens (tertiary/aromatic N) is 1. The molecular formula is C15H18N2O2S. The summed E-state index contributed by atoms with van der Waals surface area (Å²) in [6.07, 6.45) is 0.626. The van der Waals surface area contributed by atoms with E-state index < -0.39 is 5.97 Å². The molecule has 1 aromatic heterocycles. The molecule has 3 N–H and O–H groups in total. The van der Waals surface area contributed by atoms with E-state index in [1.54, 1.807) is 0 Å². The monoisotopic (exact) mass is 290 g/mol.